The molecule has 5 heteroatoms. The lowest BCUT2D eigenvalue weighted by molar-refractivity contribution is -0.914. The van der Waals surface area contributed by atoms with Crippen LogP contribution in [0.1, 0.15) is 5.56 Å². The van der Waals surface area contributed by atoms with E-state index in [1.165, 1.54) is 23.1 Å². The van der Waals surface area contributed by atoms with E-state index in [4.69, 9.17) is 0 Å². The van der Waals surface area contributed by atoms with E-state index in [2.05, 4.69) is 0 Å². The quantitative estimate of drug-likeness (QED) is 0.911. The molecule has 2 aromatic rings. The van der Waals surface area contributed by atoms with E-state index in [1.807, 2.05) is 11.0 Å². The Morgan fingerprint density at radius 2 is 1.64 bits per heavy atom. The summed E-state index contributed by atoms with van der Waals surface area (Å²) < 4.78 is 40.4. The van der Waals surface area contributed by atoms with Crippen molar-refractivity contribution in [3.05, 3.63) is 65.5 Å². The molecule has 1 aliphatic rings. The van der Waals surface area contributed by atoms with Crippen molar-refractivity contribution in [2.24, 2.45) is 0 Å². The molecule has 1 heterocycles. The molecule has 1 saturated heterocycles. The Balaban J connectivity index is 1.61. The van der Waals surface area contributed by atoms with Crippen LogP contribution >= 0.6 is 0 Å². The molecule has 1 fully saturated rings. The first-order valence-corrected chi connectivity index (χ1v) is 7.40. The number of hydrogen-bond acceptors (Lipinski definition) is 1. The summed E-state index contributed by atoms with van der Waals surface area (Å²) in [5.74, 6) is -1.26. The van der Waals surface area contributed by atoms with E-state index < -0.39 is 11.6 Å². The first-order valence-electron chi connectivity index (χ1n) is 7.40. The Morgan fingerprint density at radius 3 is 2.32 bits per heavy atom. The van der Waals surface area contributed by atoms with Gasteiger partial charge in [0, 0.05) is 11.6 Å². The van der Waals surface area contributed by atoms with Gasteiger partial charge in [0.15, 0.2) is 0 Å². The highest BCUT2D eigenvalue weighted by molar-refractivity contribution is 5.47. The molecule has 0 unspecified atom stereocenters. The maximum atomic E-state index is 13.8. The van der Waals surface area contributed by atoms with E-state index in [0.717, 1.165) is 32.2 Å². The Kier molecular flexibility index (Phi) is 4.34. The molecule has 0 saturated carbocycles. The van der Waals surface area contributed by atoms with Crippen molar-refractivity contribution in [2.45, 2.75) is 6.54 Å². The van der Waals surface area contributed by atoms with Crippen LogP contribution in [0.2, 0.25) is 0 Å². The van der Waals surface area contributed by atoms with Crippen molar-refractivity contribution in [3.63, 3.8) is 0 Å². The van der Waals surface area contributed by atoms with Gasteiger partial charge in [-0.3, -0.25) is 0 Å². The van der Waals surface area contributed by atoms with Gasteiger partial charge in [0.25, 0.3) is 0 Å². The predicted octanol–water partition coefficient (Wildman–Crippen LogP) is 2.01. The zero-order valence-corrected chi connectivity index (χ0v) is 12.2. The van der Waals surface area contributed by atoms with Crippen LogP contribution in [-0.2, 0) is 6.54 Å². The van der Waals surface area contributed by atoms with Crippen molar-refractivity contribution in [1.29, 1.82) is 0 Å². The van der Waals surface area contributed by atoms with Gasteiger partial charge in [0.05, 0.1) is 31.9 Å². The van der Waals surface area contributed by atoms with Crippen LogP contribution in [-0.4, -0.2) is 26.2 Å². The van der Waals surface area contributed by atoms with E-state index in [0.29, 0.717) is 17.8 Å². The number of anilines is 1. The van der Waals surface area contributed by atoms with Gasteiger partial charge in [-0.2, -0.15) is 0 Å². The van der Waals surface area contributed by atoms with Crippen LogP contribution < -0.4 is 9.80 Å². The standard InChI is InChI=1S/C17H17F3N2/c18-14-6-5-13(16(20)11-14)12-21-7-9-22(10-8-21)17-4-2-1-3-15(17)19/h1-6,11H,7-10,12H2/p+1. The highest BCUT2D eigenvalue weighted by Crippen LogP contribution is 2.18. The summed E-state index contributed by atoms with van der Waals surface area (Å²) in [6.45, 7) is 3.56. The van der Waals surface area contributed by atoms with Gasteiger partial charge in [-0.05, 0) is 24.3 Å². The SMILES string of the molecule is Fc1ccc(C[NH+]2CCN(c3ccccc3F)CC2)c(F)c1. The molecule has 2 nitrogen and oxygen atoms in total. The monoisotopic (exact) mass is 307 g/mol. The Hall–Kier alpha value is -2.01. The molecular weight excluding hydrogens is 289 g/mol. The molecule has 0 bridgehead atoms. The Bertz CT molecular complexity index is 652. The topological polar surface area (TPSA) is 7.68 Å². The van der Waals surface area contributed by atoms with E-state index >= 15 is 0 Å². The van der Waals surface area contributed by atoms with Crippen LogP contribution in [0.3, 0.4) is 0 Å². The maximum Gasteiger partial charge on any atom is 0.146 e. The molecule has 116 valence electrons. The lowest BCUT2D eigenvalue weighted by Gasteiger charge is -2.33. The second kappa shape index (κ2) is 6.40. The highest BCUT2D eigenvalue weighted by Gasteiger charge is 2.22. The molecule has 2 aromatic carbocycles. The van der Waals surface area contributed by atoms with Gasteiger partial charge >= 0.3 is 0 Å². The smallest absolute Gasteiger partial charge is 0.146 e. The summed E-state index contributed by atoms with van der Waals surface area (Å²) >= 11 is 0. The minimum Gasteiger partial charge on any atom is -0.358 e. The third-order valence-corrected chi connectivity index (χ3v) is 4.12. The number of benzene rings is 2. The van der Waals surface area contributed by atoms with Crippen LogP contribution in [0.5, 0.6) is 0 Å². The summed E-state index contributed by atoms with van der Waals surface area (Å²) in [6.07, 6.45) is 0. The number of hydrogen-bond donors (Lipinski definition) is 1. The lowest BCUT2D eigenvalue weighted by Crippen LogP contribution is -3.13. The third kappa shape index (κ3) is 3.25. The Labute approximate surface area is 127 Å². The first kappa shape index (κ1) is 14.9. The minimum atomic E-state index is -0.555. The van der Waals surface area contributed by atoms with Gasteiger partial charge in [-0.25, -0.2) is 13.2 Å². The number of nitrogens with zero attached hydrogens (tertiary/aromatic N) is 1. The van der Waals surface area contributed by atoms with Crippen LogP contribution in [0, 0.1) is 17.5 Å². The zero-order valence-electron chi connectivity index (χ0n) is 12.2. The fraction of sp³-hybridized carbons (Fsp3) is 0.294. The molecule has 0 aliphatic carbocycles. The van der Waals surface area contributed by atoms with Crippen LogP contribution in [0.15, 0.2) is 42.5 Å². The number of halogens is 3. The maximum absolute atomic E-state index is 13.8. The molecule has 22 heavy (non-hydrogen) atoms. The summed E-state index contributed by atoms with van der Waals surface area (Å²) in [4.78, 5) is 3.23. The summed E-state index contributed by atoms with van der Waals surface area (Å²) in [6, 6.07) is 10.4. The second-order valence-electron chi connectivity index (χ2n) is 5.60. The predicted molar refractivity (Wildman–Crippen MR) is 79.4 cm³/mol. The van der Waals surface area contributed by atoms with Crippen molar-refractivity contribution >= 4 is 5.69 Å². The molecule has 0 amide bonds. The average Bonchev–Trinajstić information content (AvgIpc) is 2.51. The second-order valence-corrected chi connectivity index (χ2v) is 5.60. The molecule has 0 aromatic heterocycles. The molecule has 0 spiro atoms. The number of rotatable bonds is 3. The van der Waals surface area contributed by atoms with Gasteiger partial charge in [0.1, 0.15) is 24.0 Å². The van der Waals surface area contributed by atoms with Crippen molar-refractivity contribution in [1.82, 2.24) is 0 Å². The first-order chi connectivity index (χ1) is 10.6. The molecule has 3 rings (SSSR count). The highest BCUT2D eigenvalue weighted by atomic mass is 19.1. The Morgan fingerprint density at radius 1 is 0.909 bits per heavy atom. The molecular formula is C17H18F3N2+. The third-order valence-electron chi connectivity index (χ3n) is 4.12. The van der Waals surface area contributed by atoms with Gasteiger partial charge < -0.3 is 9.80 Å². The summed E-state index contributed by atoms with van der Waals surface area (Å²) in [7, 11) is 0. The van der Waals surface area contributed by atoms with Crippen molar-refractivity contribution < 1.29 is 18.1 Å². The van der Waals surface area contributed by atoms with Crippen LogP contribution in [0.25, 0.3) is 0 Å². The number of para-hydroxylation sites is 1. The zero-order chi connectivity index (χ0) is 15.5. The van der Waals surface area contributed by atoms with E-state index in [1.54, 1.807) is 12.1 Å². The normalized spacial score (nSPS) is 16.0. The molecule has 1 aliphatic heterocycles. The number of quaternary nitrogens is 1. The van der Waals surface area contributed by atoms with E-state index in [9.17, 15) is 13.2 Å². The fourth-order valence-electron chi connectivity index (χ4n) is 2.88. The number of nitrogens with one attached hydrogen (secondary N) is 1. The molecule has 0 atom stereocenters. The average molecular weight is 307 g/mol. The van der Waals surface area contributed by atoms with Crippen molar-refractivity contribution in [3.8, 4) is 0 Å². The molecule has 0 radical (unpaired) electrons. The van der Waals surface area contributed by atoms with Gasteiger partial charge in [0.2, 0.25) is 0 Å². The molecule has 1 N–H and O–H groups in total. The fourth-order valence-corrected chi connectivity index (χ4v) is 2.88. The van der Waals surface area contributed by atoms with E-state index in [-0.39, 0.29) is 5.82 Å². The van der Waals surface area contributed by atoms with Crippen LogP contribution in [0.4, 0.5) is 18.9 Å². The summed E-state index contributed by atoms with van der Waals surface area (Å²) in [5.41, 5.74) is 1.14. The lowest BCUT2D eigenvalue weighted by atomic mass is 10.1. The largest absolute Gasteiger partial charge is 0.358 e. The number of piperazine rings is 1. The summed E-state index contributed by atoms with van der Waals surface area (Å²) in [5, 5.41) is 0. The van der Waals surface area contributed by atoms with Gasteiger partial charge in [-0.1, -0.05) is 12.1 Å². The minimum absolute atomic E-state index is 0.212. The van der Waals surface area contributed by atoms with Crippen molar-refractivity contribution in [2.75, 3.05) is 31.1 Å². The van der Waals surface area contributed by atoms with Gasteiger partial charge in [-0.15, -0.1) is 0 Å².